The number of amides is 1. The minimum absolute atomic E-state index is 0.284. The van der Waals surface area contributed by atoms with E-state index in [1.54, 1.807) is 42.5 Å². The summed E-state index contributed by atoms with van der Waals surface area (Å²) in [5, 5.41) is 3.95. The fourth-order valence-electron chi connectivity index (χ4n) is 2.36. The average Bonchev–Trinajstić information content (AvgIpc) is 2.74. The van der Waals surface area contributed by atoms with E-state index >= 15 is 0 Å². The molecule has 6 nitrogen and oxygen atoms in total. The van der Waals surface area contributed by atoms with Crippen molar-refractivity contribution in [1.29, 1.82) is 0 Å². The minimum Gasteiger partial charge on any atom is -0.493 e. The zero-order valence-corrected chi connectivity index (χ0v) is 15.1. The molecule has 28 heavy (non-hydrogen) atoms. The molecule has 0 spiro atoms. The molecule has 0 radical (unpaired) electrons. The highest BCUT2D eigenvalue weighted by atomic mass is 19.1. The number of halogens is 1. The molecule has 1 N–H and O–H groups in total. The predicted octanol–water partition coefficient (Wildman–Crippen LogP) is 3.57. The number of benzene rings is 2. The monoisotopic (exact) mass is 379 g/mol. The van der Waals surface area contributed by atoms with Crippen molar-refractivity contribution < 1.29 is 18.7 Å². The van der Waals surface area contributed by atoms with Crippen molar-refractivity contribution in [3.05, 3.63) is 89.5 Å². The maximum atomic E-state index is 13.0. The second kappa shape index (κ2) is 9.27. The van der Waals surface area contributed by atoms with Crippen molar-refractivity contribution in [2.75, 3.05) is 7.11 Å². The van der Waals surface area contributed by atoms with E-state index in [2.05, 4.69) is 15.5 Å². The first-order chi connectivity index (χ1) is 13.7. The molecule has 0 saturated carbocycles. The standard InChI is InChI=1S/C21H18FN3O3/c1-27-20-12-16(13-24-25-21(26)17-8-10-23-11-9-17)4-7-19(20)28-14-15-2-5-18(22)6-3-15/h2-13H,14H2,1H3,(H,25,26)/b24-13+. The Kier molecular flexibility index (Phi) is 6.30. The lowest BCUT2D eigenvalue weighted by Gasteiger charge is -2.11. The Morgan fingerprint density at radius 2 is 1.86 bits per heavy atom. The number of aromatic nitrogens is 1. The summed E-state index contributed by atoms with van der Waals surface area (Å²) >= 11 is 0. The Hall–Kier alpha value is -3.74. The molecule has 1 aromatic heterocycles. The number of nitrogens with one attached hydrogen (secondary N) is 1. The van der Waals surface area contributed by atoms with Gasteiger partial charge in [0.25, 0.3) is 5.91 Å². The van der Waals surface area contributed by atoms with Crippen LogP contribution in [0.2, 0.25) is 0 Å². The Balaban J connectivity index is 1.62. The van der Waals surface area contributed by atoms with Gasteiger partial charge in [0.15, 0.2) is 11.5 Å². The number of nitrogens with zero attached hydrogens (tertiary/aromatic N) is 2. The quantitative estimate of drug-likeness (QED) is 0.503. The number of hydrogen-bond donors (Lipinski definition) is 1. The third-order valence-corrected chi connectivity index (χ3v) is 3.82. The van der Waals surface area contributed by atoms with E-state index < -0.39 is 0 Å². The zero-order valence-electron chi connectivity index (χ0n) is 15.1. The van der Waals surface area contributed by atoms with E-state index in [1.807, 2.05) is 0 Å². The van der Waals surface area contributed by atoms with Gasteiger partial charge >= 0.3 is 0 Å². The number of carbonyl (C=O) groups excluding carboxylic acids is 1. The summed E-state index contributed by atoms with van der Waals surface area (Å²) in [7, 11) is 1.53. The summed E-state index contributed by atoms with van der Waals surface area (Å²) in [6, 6.07) is 14.6. The number of carbonyl (C=O) groups is 1. The maximum Gasteiger partial charge on any atom is 0.271 e. The molecule has 0 aliphatic heterocycles. The summed E-state index contributed by atoms with van der Waals surface area (Å²) in [6.45, 7) is 0.284. The third-order valence-electron chi connectivity index (χ3n) is 3.82. The van der Waals surface area contributed by atoms with Gasteiger partial charge in [0.2, 0.25) is 0 Å². The van der Waals surface area contributed by atoms with Crippen LogP contribution >= 0.6 is 0 Å². The highest BCUT2D eigenvalue weighted by molar-refractivity contribution is 5.94. The van der Waals surface area contributed by atoms with E-state index in [-0.39, 0.29) is 18.3 Å². The molecule has 0 aliphatic carbocycles. The Morgan fingerprint density at radius 1 is 1.11 bits per heavy atom. The number of methoxy groups -OCH3 is 1. The number of hydrazone groups is 1. The van der Waals surface area contributed by atoms with Crippen molar-refractivity contribution >= 4 is 12.1 Å². The fourth-order valence-corrected chi connectivity index (χ4v) is 2.36. The van der Waals surface area contributed by atoms with Gasteiger partial charge in [-0.25, -0.2) is 9.82 Å². The highest BCUT2D eigenvalue weighted by Crippen LogP contribution is 2.28. The van der Waals surface area contributed by atoms with Gasteiger partial charge in [-0.15, -0.1) is 0 Å². The van der Waals surface area contributed by atoms with Crippen LogP contribution in [0.4, 0.5) is 4.39 Å². The van der Waals surface area contributed by atoms with Gasteiger partial charge < -0.3 is 9.47 Å². The second-order valence-corrected chi connectivity index (χ2v) is 5.76. The summed E-state index contributed by atoms with van der Waals surface area (Å²) in [4.78, 5) is 15.8. The van der Waals surface area contributed by atoms with Gasteiger partial charge in [-0.3, -0.25) is 9.78 Å². The first kappa shape index (κ1) is 19.0. The van der Waals surface area contributed by atoms with Crippen molar-refractivity contribution in [2.45, 2.75) is 6.61 Å². The molecule has 142 valence electrons. The molecule has 0 bridgehead atoms. The normalized spacial score (nSPS) is 10.6. The molecule has 3 aromatic rings. The van der Waals surface area contributed by atoms with E-state index in [4.69, 9.17) is 9.47 Å². The van der Waals surface area contributed by atoms with Crippen LogP contribution < -0.4 is 14.9 Å². The highest BCUT2D eigenvalue weighted by Gasteiger charge is 2.06. The van der Waals surface area contributed by atoms with Gasteiger partial charge in [-0.05, 0) is 53.6 Å². The predicted molar refractivity (Wildman–Crippen MR) is 103 cm³/mol. The lowest BCUT2D eigenvalue weighted by atomic mass is 10.2. The van der Waals surface area contributed by atoms with Crippen LogP contribution in [0.1, 0.15) is 21.5 Å². The topological polar surface area (TPSA) is 72.8 Å². The zero-order chi connectivity index (χ0) is 19.8. The Bertz CT molecular complexity index is 960. The first-order valence-electron chi connectivity index (χ1n) is 8.44. The Labute approximate surface area is 161 Å². The average molecular weight is 379 g/mol. The molecular formula is C21H18FN3O3. The number of ether oxygens (including phenoxy) is 2. The number of pyridine rings is 1. The van der Waals surface area contributed by atoms with Gasteiger partial charge in [0, 0.05) is 18.0 Å². The molecule has 0 atom stereocenters. The van der Waals surface area contributed by atoms with Gasteiger partial charge in [0.05, 0.1) is 13.3 Å². The molecule has 0 aliphatic rings. The fraction of sp³-hybridized carbons (Fsp3) is 0.0952. The van der Waals surface area contributed by atoms with Gasteiger partial charge in [-0.1, -0.05) is 12.1 Å². The molecule has 3 rings (SSSR count). The Morgan fingerprint density at radius 3 is 2.57 bits per heavy atom. The van der Waals surface area contributed by atoms with E-state index in [1.165, 1.54) is 37.9 Å². The first-order valence-corrected chi connectivity index (χ1v) is 8.44. The summed E-state index contributed by atoms with van der Waals surface area (Å²) in [5.74, 6) is 0.446. The minimum atomic E-state index is -0.329. The van der Waals surface area contributed by atoms with Crippen LogP contribution in [0.5, 0.6) is 11.5 Å². The molecule has 1 amide bonds. The van der Waals surface area contributed by atoms with Crippen LogP contribution in [-0.4, -0.2) is 24.2 Å². The lowest BCUT2D eigenvalue weighted by molar-refractivity contribution is 0.0955. The summed E-state index contributed by atoms with van der Waals surface area (Å²) < 4.78 is 24.1. The van der Waals surface area contributed by atoms with Crippen molar-refractivity contribution in [2.24, 2.45) is 5.10 Å². The second-order valence-electron chi connectivity index (χ2n) is 5.76. The molecule has 7 heteroatoms. The molecule has 1 heterocycles. The molecule has 2 aromatic carbocycles. The van der Waals surface area contributed by atoms with Gasteiger partial charge in [0.1, 0.15) is 12.4 Å². The summed E-state index contributed by atoms with van der Waals surface area (Å²) in [6.07, 6.45) is 4.58. The molecule has 0 saturated heterocycles. The van der Waals surface area contributed by atoms with Crippen LogP contribution in [0.3, 0.4) is 0 Å². The molecule has 0 unspecified atom stereocenters. The molecule has 0 fully saturated rings. The van der Waals surface area contributed by atoms with Crippen molar-refractivity contribution in [1.82, 2.24) is 10.4 Å². The number of hydrogen-bond acceptors (Lipinski definition) is 5. The van der Waals surface area contributed by atoms with E-state index in [9.17, 15) is 9.18 Å². The maximum absolute atomic E-state index is 13.0. The van der Waals surface area contributed by atoms with Crippen LogP contribution in [0.25, 0.3) is 0 Å². The summed E-state index contributed by atoms with van der Waals surface area (Å²) in [5.41, 5.74) is 4.48. The van der Waals surface area contributed by atoms with Crippen LogP contribution in [0, 0.1) is 5.82 Å². The van der Waals surface area contributed by atoms with Crippen molar-refractivity contribution in [3.8, 4) is 11.5 Å². The molecular weight excluding hydrogens is 361 g/mol. The van der Waals surface area contributed by atoms with E-state index in [0.29, 0.717) is 17.1 Å². The van der Waals surface area contributed by atoms with Crippen LogP contribution in [-0.2, 0) is 6.61 Å². The smallest absolute Gasteiger partial charge is 0.271 e. The largest absolute Gasteiger partial charge is 0.493 e. The SMILES string of the molecule is COc1cc(/C=N/NC(=O)c2ccncc2)ccc1OCc1ccc(F)cc1. The number of rotatable bonds is 7. The third kappa shape index (κ3) is 5.14. The van der Waals surface area contributed by atoms with Crippen LogP contribution in [0.15, 0.2) is 72.1 Å². The lowest BCUT2D eigenvalue weighted by Crippen LogP contribution is -2.17. The van der Waals surface area contributed by atoms with Gasteiger partial charge in [-0.2, -0.15) is 5.10 Å². The van der Waals surface area contributed by atoms with E-state index in [0.717, 1.165) is 11.1 Å². The van der Waals surface area contributed by atoms with Crippen molar-refractivity contribution in [3.63, 3.8) is 0 Å².